The van der Waals surface area contributed by atoms with Crippen LogP contribution in [0.25, 0.3) is 10.8 Å². The van der Waals surface area contributed by atoms with Crippen molar-refractivity contribution in [3.63, 3.8) is 0 Å². The molecule has 2 nitrogen and oxygen atoms in total. The summed E-state index contributed by atoms with van der Waals surface area (Å²) in [6.07, 6.45) is 3.82. The number of benzene rings is 2. The Kier molecular flexibility index (Phi) is 3.90. The average molecular weight is 266 g/mol. The first kappa shape index (κ1) is 13.0. The predicted molar refractivity (Wildman–Crippen MR) is 80.7 cm³/mol. The van der Waals surface area contributed by atoms with Crippen LogP contribution in [0.1, 0.15) is 24.8 Å². The molecule has 0 atom stereocenters. The third-order valence-electron chi connectivity index (χ3n) is 3.66. The van der Waals surface area contributed by atoms with Crippen molar-refractivity contribution in [1.82, 2.24) is 0 Å². The van der Waals surface area contributed by atoms with Crippen molar-refractivity contribution in [2.75, 3.05) is 13.2 Å². The largest absolute Gasteiger partial charge is 0.492 e. The normalized spacial score (nSPS) is 13.8. The van der Waals surface area contributed by atoms with Crippen LogP contribution in [-0.4, -0.2) is 18.3 Å². The second-order valence-electron chi connectivity index (χ2n) is 5.20. The molecular weight excluding hydrogens is 248 g/mol. The van der Waals surface area contributed by atoms with Gasteiger partial charge in [-0.15, -0.1) is 0 Å². The van der Waals surface area contributed by atoms with E-state index in [1.165, 1.54) is 12.8 Å². The lowest BCUT2D eigenvalue weighted by molar-refractivity contribution is 0.302. The van der Waals surface area contributed by atoms with Crippen LogP contribution >= 0.6 is 0 Å². The minimum absolute atomic E-state index is 0.134. The van der Waals surface area contributed by atoms with Crippen molar-refractivity contribution in [3.05, 3.63) is 42.0 Å². The van der Waals surface area contributed by atoms with Crippen molar-refractivity contribution >= 4 is 10.8 Å². The molecule has 1 aliphatic rings. The van der Waals surface area contributed by atoms with Crippen LogP contribution in [0.4, 0.5) is 0 Å². The molecule has 0 unspecified atom stereocenters. The molecule has 0 aliphatic heterocycles. The standard InChI is InChI=1S/C18H18O2/c19-12-3-6-17-16-5-2-1-4-15(16)9-10-18(17)20-13-11-14-7-8-14/h1-2,4-5,9-10,14,19H,7-8,11-13H2. The van der Waals surface area contributed by atoms with E-state index in [2.05, 4.69) is 24.0 Å². The van der Waals surface area contributed by atoms with Gasteiger partial charge in [-0.05, 0) is 23.8 Å². The molecule has 1 fully saturated rings. The summed E-state index contributed by atoms with van der Waals surface area (Å²) in [6.45, 7) is 0.613. The van der Waals surface area contributed by atoms with Crippen LogP contribution in [0.5, 0.6) is 5.75 Å². The van der Waals surface area contributed by atoms with E-state index in [9.17, 15) is 0 Å². The van der Waals surface area contributed by atoms with Gasteiger partial charge < -0.3 is 9.84 Å². The van der Waals surface area contributed by atoms with E-state index in [1.807, 2.05) is 24.3 Å². The monoisotopic (exact) mass is 266 g/mol. The SMILES string of the molecule is OCC#Cc1c(OCCC2CC2)ccc2ccccc12. The molecule has 1 saturated carbocycles. The maximum absolute atomic E-state index is 8.93. The van der Waals surface area contributed by atoms with Gasteiger partial charge in [0.1, 0.15) is 12.4 Å². The third-order valence-corrected chi connectivity index (χ3v) is 3.66. The highest BCUT2D eigenvalue weighted by atomic mass is 16.5. The Balaban J connectivity index is 1.91. The molecule has 0 radical (unpaired) electrons. The Morgan fingerprint density at radius 1 is 1.15 bits per heavy atom. The van der Waals surface area contributed by atoms with Crippen LogP contribution in [0.15, 0.2) is 36.4 Å². The summed E-state index contributed by atoms with van der Waals surface area (Å²) < 4.78 is 5.91. The lowest BCUT2D eigenvalue weighted by Gasteiger charge is -2.10. The summed E-state index contributed by atoms with van der Waals surface area (Å²) in [5.41, 5.74) is 0.882. The van der Waals surface area contributed by atoms with E-state index in [1.54, 1.807) is 0 Å². The summed E-state index contributed by atoms with van der Waals surface area (Å²) in [6, 6.07) is 12.2. The van der Waals surface area contributed by atoms with Crippen LogP contribution in [-0.2, 0) is 0 Å². The second kappa shape index (κ2) is 5.98. The molecule has 1 N–H and O–H groups in total. The van der Waals surface area contributed by atoms with Gasteiger partial charge >= 0.3 is 0 Å². The molecule has 0 saturated heterocycles. The van der Waals surface area contributed by atoms with Crippen molar-refractivity contribution in [3.8, 4) is 17.6 Å². The third kappa shape index (κ3) is 2.95. The van der Waals surface area contributed by atoms with Crippen LogP contribution in [0, 0.1) is 17.8 Å². The Morgan fingerprint density at radius 3 is 2.80 bits per heavy atom. The molecular formula is C18H18O2. The van der Waals surface area contributed by atoms with E-state index in [0.717, 1.165) is 41.0 Å². The van der Waals surface area contributed by atoms with Crippen molar-refractivity contribution in [2.24, 2.45) is 5.92 Å². The molecule has 0 amide bonds. The molecule has 20 heavy (non-hydrogen) atoms. The molecule has 3 rings (SSSR count). The summed E-state index contributed by atoms with van der Waals surface area (Å²) in [5.74, 6) is 7.46. The smallest absolute Gasteiger partial charge is 0.135 e. The lowest BCUT2D eigenvalue weighted by atomic mass is 10.0. The Labute approximate surface area is 119 Å². The van der Waals surface area contributed by atoms with E-state index < -0.39 is 0 Å². The second-order valence-corrected chi connectivity index (χ2v) is 5.20. The highest BCUT2D eigenvalue weighted by molar-refractivity contribution is 5.90. The number of hydrogen-bond donors (Lipinski definition) is 1. The minimum Gasteiger partial charge on any atom is -0.492 e. The highest BCUT2D eigenvalue weighted by Gasteiger charge is 2.20. The van der Waals surface area contributed by atoms with Gasteiger partial charge in [0, 0.05) is 5.39 Å². The van der Waals surface area contributed by atoms with Gasteiger partial charge in [-0.25, -0.2) is 0 Å². The Bertz CT molecular complexity index is 660. The van der Waals surface area contributed by atoms with Gasteiger partial charge in [0.05, 0.1) is 12.2 Å². The molecule has 2 heteroatoms. The van der Waals surface area contributed by atoms with Gasteiger partial charge in [0.25, 0.3) is 0 Å². The Hall–Kier alpha value is -1.98. The first-order valence-electron chi connectivity index (χ1n) is 7.13. The molecule has 102 valence electrons. The van der Waals surface area contributed by atoms with Crippen molar-refractivity contribution in [2.45, 2.75) is 19.3 Å². The topological polar surface area (TPSA) is 29.5 Å². The van der Waals surface area contributed by atoms with Gasteiger partial charge in [0.2, 0.25) is 0 Å². The molecule has 0 aromatic heterocycles. The van der Waals surface area contributed by atoms with E-state index in [0.29, 0.717) is 0 Å². The van der Waals surface area contributed by atoms with Crippen LogP contribution in [0.3, 0.4) is 0 Å². The molecule has 2 aromatic rings. The summed E-state index contributed by atoms with van der Waals surface area (Å²) >= 11 is 0. The van der Waals surface area contributed by atoms with Gasteiger partial charge in [-0.2, -0.15) is 0 Å². The quantitative estimate of drug-likeness (QED) is 0.860. The number of ether oxygens (including phenoxy) is 1. The summed E-state index contributed by atoms with van der Waals surface area (Å²) in [7, 11) is 0. The molecule has 2 aromatic carbocycles. The number of hydrogen-bond acceptors (Lipinski definition) is 2. The number of aliphatic hydroxyl groups excluding tert-OH is 1. The number of rotatable bonds is 4. The number of aliphatic hydroxyl groups is 1. The van der Waals surface area contributed by atoms with Crippen molar-refractivity contribution < 1.29 is 9.84 Å². The lowest BCUT2D eigenvalue weighted by Crippen LogP contribution is -2.00. The van der Waals surface area contributed by atoms with Crippen LogP contribution in [0.2, 0.25) is 0 Å². The molecule has 1 aliphatic carbocycles. The first-order valence-corrected chi connectivity index (χ1v) is 7.13. The fourth-order valence-electron chi connectivity index (χ4n) is 2.37. The van der Waals surface area contributed by atoms with E-state index in [4.69, 9.17) is 9.84 Å². The molecule has 0 bridgehead atoms. The van der Waals surface area contributed by atoms with Crippen LogP contribution < -0.4 is 4.74 Å². The maximum Gasteiger partial charge on any atom is 0.135 e. The predicted octanol–water partition coefficient (Wildman–Crippen LogP) is 3.36. The summed E-state index contributed by atoms with van der Waals surface area (Å²) in [5, 5.41) is 11.2. The molecule has 0 heterocycles. The zero-order valence-corrected chi connectivity index (χ0v) is 11.4. The zero-order chi connectivity index (χ0) is 13.8. The highest BCUT2D eigenvalue weighted by Crippen LogP contribution is 2.33. The Morgan fingerprint density at radius 2 is 2.00 bits per heavy atom. The fourth-order valence-corrected chi connectivity index (χ4v) is 2.37. The van der Waals surface area contributed by atoms with E-state index >= 15 is 0 Å². The van der Waals surface area contributed by atoms with Crippen molar-refractivity contribution in [1.29, 1.82) is 0 Å². The van der Waals surface area contributed by atoms with E-state index in [-0.39, 0.29) is 6.61 Å². The zero-order valence-electron chi connectivity index (χ0n) is 11.4. The van der Waals surface area contributed by atoms with Gasteiger partial charge in [-0.3, -0.25) is 0 Å². The molecule has 0 spiro atoms. The van der Waals surface area contributed by atoms with Gasteiger partial charge in [0.15, 0.2) is 0 Å². The number of fused-ring (bicyclic) bond motifs is 1. The maximum atomic E-state index is 8.93. The first-order chi connectivity index (χ1) is 9.88. The minimum atomic E-state index is -0.134. The van der Waals surface area contributed by atoms with Gasteiger partial charge in [-0.1, -0.05) is 55.0 Å². The fraction of sp³-hybridized carbons (Fsp3) is 0.333. The average Bonchev–Trinajstić information content (AvgIpc) is 3.30. The summed E-state index contributed by atoms with van der Waals surface area (Å²) in [4.78, 5) is 0.